The van der Waals surface area contributed by atoms with Gasteiger partial charge in [-0.15, -0.1) is 15.3 Å². The van der Waals surface area contributed by atoms with Crippen LogP contribution in [0.5, 0.6) is 0 Å². The van der Waals surface area contributed by atoms with Gasteiger partial charge in [0.05, 0.1) is 5.75 Å². The minimum atomic E-state index is -0.227. The first-order chi connectivity index (χ1) is 10.7. The Bertz CT molecular complexity index is 661. The lowest BCUT2D eigenvalue weighted by molar-refractivity contribution is -0.113. The molecule has 1 amide bonds. The number of nitrogens with one attached hydrogen (secondary N) is 2. The molecule has 0 aliphatic heterocycles. The Kier molecular flexibility index (Phi) is 5.58. The summed E-state index contributed by atoms with van der Waals surface area (Å²) in [5.41, 5.74) is -0.0784. The molecule has 2 rings (SSSR count). The Labute approximate surface area is 142 Å². The van der Waals surface area contributed by atoms with Gasteiger partial charge < -0.3 is 9.73 Å². The lowest BCUT2D eigenvalue weighted by atomic mass is 10.1. The standard InChI is InChI=1S/C13H20N6O2S2/c1-7(2)9-16-17-10(21-9)14-8(20)6-22-12-19-18-11(23-12)15-13(3,4)5/h7H,6H2,1-5H3,(H,15,18)(H,14,17,20). The summed E-state index contributed by atoms with van der Waals surface area (Å²) in [7, 11) is 0. The maximum atomic E-state index is 11.9. The SMILES string of the molecule is CC(C)c1nnc(NC(=O)CSc2nnc(NC(C)(C)C)s2)o1. The molecule has 8 nitrogen and oxygen atoms in total. The van der Waals surface area contributed by atoms with Crippen molar-refractivity contribution in [1.29, 1.82) is 0 Å². The van der Waals surface area contributed by atoms with Gasteiger partial charge in [-0.2, -0.15) is 0 Å². The molecule has 0 atom stereocenters. The fourth-order valence-electron chi connectivity index (χ4n) is 1.44. The van der Waals surface area contributed by atoms with Gasteiger partial charge in [-0.3, -0.25) is 10.1 Å². The van der Waals surface area contributed by atoms with Crippen molar-refractivity contribution < 1.29 is 9.21 Å². The maximum absolute atomic E-state index is 11.9. The average molecular weight is 356 g/mol. The summed E-state index contributed by atoms with van der Waals surface area (Å²) in [5.74, 6) is 0.589. The Morgan fingerprint density at radius 2 is 2.00 bits per heavy atom. The van der Waals surface area contributed by atoms with Crippen LogP contribution in [0.3, 0.4) is 0 Å². The van der Waals surface area contributed by atoms with Crippen LogP contribution in [0.1, 0.15) is 46.4 Å². The van der Waals surface area contributed by atoms with E-state index in [0.717, 1.165) is 9.47 Å². The summed E-state index contributed by atoms with van der Waals surface area (Å²) in [4.78, 5) is 11.9. The molecule has 0 radical (unpaired) electrons. The normalized spacial score (nSPS) is 11.7. The smallest absolute Gasteiger partial charge is 0.322 e. The van der Waals surface area contributed by atoms with E-state index in [-0.39, 0.29) is 29.1 Å². The van der Waals surface area contributed by atoms with E-state index >= 15 is 0 Å². The number of rotatable bonds is 6. The third-order valence-corrected chi connectivity index (χ3v) is 4.37. The lowest BCUT2D eigenvalue weighted by Crippen LogP contribution is -2.25. The summed E-state index contributed by atoms with van der Waals surface area (Å²) in [6, 6.07) is 0.117. The Morgan fingerprint density at radius 1 is 1.26 bits per heavy atom. The van der Waals surface area contributed by atoms with Crippen molar-refractivity contribution in [3.05, 3.63) is 5.89 Å². The summed E-state index contributed by atoms with van der Waals surface area (Å²) in [6.45, 7) is 10.0. The van der Waals surface area contributed by atoms with E-state index in [4.69, 9.17) is 4.42 Å². The molecule has 2 aromatic heterocycles. The third kappa shape index (κ3) is 5.79. The predicted octanol–water partition coefficient (Wildman–Crippen LogP) is 2.99. The molecule has 0 fully saturated rings. The van der Waals surface area contributed by atoms with E-state index in [1.807, 2.05) is 34.6 Å². The summed E-state index contributed by atoms with van der Waals surface area (Å²) < 4.78 is 6.05. The van der Waals surface area contributed by atoms with Crippen LogP contribution in [0, 0.1) is 0 Å². The second kappa shape index (κ2) is 7.26. The molecular formula is C13H20N6O2S2. The largest absolute Gasteiger partial charge is 0.408 e. The van der Waals surface area contributed by atoms with Gasteiger partial charge in [0.15, 0.2) is 4.34 Å². The number of thioether (sulfide) groups is 1. The number of amides is 1. The number of aromatic nitrogens is 4. The molecule has 23 heavy (non-hydrogen) atoms. The van der Waals surface area contributed by atoms with Gasteiger partial charge in [0.1, 0.15) is 0 Å². The first-order valence-corrected chi connectivity index (χ1v) is 8.91. The number of hydrogen-bond donors (Lipinski definition) is 2. The molecule has 0 bridgehead atoms. The van der Waals surface area contributed by atoms with Crippen molar-refractivity contribution in [1.82, 2.24) is 20.4 Å². The minimum absolute atomic E-state index is 0.0784. The minimum Gasteiger partial charge on any atom is -0.408 e. The monoisotopic (exact) mass is 356 g/mol. The van der Waals surface area contributed by atoms with E-state index in [9.17, 15) is 4.79 Å². The zero-order valence-electron chi connectivity index (χ0n) is 13.7. The van der Waals surface area contributed by atoms with Crippen molar-refractivity contribution in [3.63, 3.8) is 0 Å². The van der Waals surface area contributed by atoms with Crippen LogP contribution >= 0.6 is 23.1 Å². The zero-order chi connectivity index (χ0) is 17.0. The predicted molar refractivity (Wildman–Crippen MR) is 91.0 cm³/mol. The molecule has 2 heterocycles. The molecule has 0 unspecified atom stereocenters. The van der Waals surface area contributed by atoms with Crippen LogP contribution in [0.2, 0.25) is 0 Å². The highest BCUT2D eigenvalue weighted by Crippen LogP contribution is 2.27. The fraction of sp³-hybridized carbons (Fsp3) is 0.615. The molecule has 0 saturated carbocycles. The van der Waals surface area contributed by atoms with Gasteiger partial charge in [0.25, 0.3) is 0 Å². The number of nitrogens with zero attached hydrogens (tertiary/aromatic N) is 4. The summed E-state index contributed by atoms with van der Waals surface area (Å²) >= 11 is 2.73. The van der Waals surface area contributed by atoms with Gasteiger partial charge in [0.2, 0.25) is 16.9 Å². The molecular weight excluding hydrogens is 336 g/mol. The van der Waals surface area contributed by atoms with E-state index in [1.54, 1.807) is 0 Å². The van der Waals surface area contributed by atoms with Crippen molar-refractivity contribution in [3.8, 4) is 0 Å². The molecule has 0 aromatic carbocycles. The first-order valence-electron chi connectivity index (χ1n) is 7.10. The van der Waals surface area contributed by atoms with Gasteiger partial charge in [-0.25, -0.2) is 0 Å². The molecule has 0 aliphatic carbocycles. The van der Waals surface area contributed by atoms with Crippen molar-refractivity contribution in [2.24, 2.45) is 0 Å². The molecule has 0 spiro atoms. The van der Waals surface area contributed by atoms with Crippen LogP contribution in [0.25, 0.3) is 0 Å². The number of carbonyl (C=O) groups excluding carboxylic acids is 1. The first kappa shape index (κ1) is 17.7. The van der Waals surface area contributed by atoms with Crippen molar-refractivity contribution in [2.75, 3.05) is 16.4 Å². The van der Waals surface area contributed by atoms with E-state index in [2.05, 4.69) is 31.0 Å². The highest BCUT2D eigenvalue weighted by molar-refractivity contribution is 8.01. The van der Waals surface area contributed by atoms with Crippen LogP contribution in [-0.4, -0.2) is 37.6 Å². The topological polar surface area (TPSA) is 106 Å². The Hall–Kier alpha value is -1.68. The Balaban J connectivity index is 1.82. The second-order valence-corrected chi connectivity index (χ2v) is 8.39. The fourth-order valence-corrected chi connectivity index (χ4v) is 3.20. The highest BCUT2D eigenvalue weighted by Gasteiger charge is 2.15. The lowest BCUT2D eigenvalue weighted by Gasteiger charge is -2.18. The molecule has 0 aliphatic rings. The molecule has 126 valence electrons. The summed E-state index contributed by atoms with van der Waals surface area (Å²) in [5, 5.41) is 22.3. The van der Waals surface area contributed by atoms with Crippen LogP contribution in [0.15, 0.2) is 8.76 Å². The summed E-state index contributed by atoms with van der Waals surface area (Å²) in [6.07, 6.45) is 0. The van der Waals surface area contributed by atoms with Crippen LogP contribution < -0.4 is 10.6 Å². The quantitative estimate of drug-likeness (QED) is 0.761. The highest BCUT2D eigenvalue weighted by atomic mass is 32.2. The van der Waals surface area contributed by atoms with Crippen molar-refractivity contribution in [2.45, 2.75) is 50.4 Å². The molecule has 10 heteroatoms. The molecule has 2 aromatic rings. The number of hydrogen-bond acceptors (Lipinski definition) is 9. The van der Waals surface area contributed by atoms with E-state index < -0.39 is 0 Å². The Morgan fingerprint density at radius 3 is 2.61 bits per heavy atom. The zero-order valence-corrected chi connectivity index (χ0v) is 15.3. The number of anilines is 2. The average Bonchev–Trinajstić information content (AvgIpc) is 3.04. The number of carbonyl (C=O) groups is 1. The molecule has 0 saturated heterocycles. The maximum Gasteiger partial charge on any atom is 0.322 e. The van der Waals surface area contributed by atoms with Crippen LogP contribution in [0.4, 0.5) is 11.1 Å². The molecule has 2 N–H and O–H groups in total. The van der Waals surface area contributed by atoms with Gasteiger partial charge in [-0.1, -0.05) is 42.0 Å². The second-order valence-electron chi connectivity index (χ2n) is 6.19. The van der Waals surface area contributed by atoms with Gasteiger partial charge in [-0.05, 0) is 20.8 Å². The van der Waals surface area contributed by atoms with Gasteiger partial charge in [0, 0.05) is 11.5 Å². The van der Waals surface area contributed by atoms with Gasteiger partial charge >= 0.3 is 6.01 Å². The van der Waals surface area contributed by atoms with E-state index in [0.29, 0.717) is 5.89 Å². The third-order valence-electron chi connectivity index (χ3n) is 2.40. The van der Waals surface area contributed by atoms with E-state index in [1.165, 1.54) is 23.1 Å². The van der Waals surface area contributed by atoms with Crippen LogP contribution in [-0.2, 0) is 4.79 Å². The van der Waals surface area contributed by atoms with Crippen molar-refractivity contribution >= 4 is 40.2 Å².